The van der Waals surface area contributed by atoms with E-state index < -0.39 is 0 Å². The molecule has 0 atom stereocenters. The molecule has 0 unspecified atom stereocenters. The predicted molar refractivity (Wildman–Crippen MR) is 113 cm³/mol. The first kappa shape index (κ1) is 20.2. The molecule has 0 bridgehead atoms. The summed E-state index contributed by atoms with van der Waals surface area (Å²) in [4.78, 5) is 26.3. The van der Waals surface area contributed by atoms with Crippen LogP contribution in [0.2, 0.25) is 5.02 Å². The van der Waals surface area contributed by atoms with E-state index in [4.69, 9.17) is 16.3 Å². The third kappa shape index (κ3) is 5.25. The van der Waals surface area contributed by atoms with Crippen molar-refractivity contribution < 1.29 is 9.53 Å². The number of halogens is 1. The standard InChI is InChI=1S/C21H19ClN2O3S/c1-27-13-12-24-14-15(6-11-20(24)25)21(26)23-16-7-9-17(10-8-16)28-19-5-3-2-4-18(19)22/h2-11,14H,12-13H2,1H3,(H,23,26). The maximum atomic E-state index is 12.5. The quantitative estimate of drug-likeness (QED) is 0.616. The molecule has 0 saturated carbocycles. The molecular formula is C21H19ClN2O3S. The second-order valence-corrected chi connectivity index (χ2v) is 7.48. The molecule has 144 valence electrons. The Kier molecular flexibility index (Phi) is 6.92. The van der Waals surface area contributed by atoms with Crippen LogP contribution < -0.4 is 10.9 Å². The molecule has 0 spiro atoms. The van der Waals surface area contributed by atoms with Crippen molar-refractivity contribution in [3.63, 3.8) is 0 Å². The van der Waals surface area contributed by atoms with Crippen molar-refractivity contribution >= 4 is 35.0 Å². The lowest BCUT2D eigenvalue weighted by Crippen LogP contribution is -2.23. The number of nitrogens with zero attached hydrogens (tertiary/aromatic N) is 1. The Morgan fingerprint density at radius 2 is 1.86 bits per heavy atom. The van der Waals surface area contributed by atoms with Gasteiger partial charge >= 0.3 is 0 Å². The van der Waals surface area contributed by atoms with Crippen LogP contribution in [0.5, 0.6) is 0 Å². The molecule has 0 radical (unpaired) electrons. The van der Waals surface area contributed by atoms with E-state index in [9.17, 15) is 9.59 Å². The van der Waals surface area contributed by atoms with Crippen LogP contribution in [-0.2, 0) is 11.3 Å². The van der Waals surface area contributed by atoms with Crippen molar-refractivity contribution in [2.75, 3.05) is 19.0 Å². The summed E-state index contributed by atoms with van der Waals surface area (Å²) < 4.78 is 6.45. The van der Waals surface area contributed by atoms with E-state index in [1.807, 2.05) is 48.5 Å². The fourth-order valence-corrected chi connectivity index (χ4v) is 3.58. The van der Waals surface area contributed by atoms with E-state index >= 15 is 0 Å². The minimum absolute atomic E-state index is 0.172. The first-order valence-corrected chi connectivity index (χ1v) is 9.79. The molecular weight excluding hydrogens is 396 g/mol. The maximum absolute atomic E-state index is 12.5. The monoisotopic (exact) mass is 414 g/mol. The van der Waals surface area contributed by atoms with Crippen molar-refractivity contribution in [1.29, 1.82) is 0 Å². The van der Waals surface area contributed by atoms with E-state index in [1.54, 1.807) is 18.9 Å². The van der Waals surface area contributed by atoms with E-state index in [1.165, 1.54) is 22.9 Å². The van der Waals surface area contributed by atoms with Gasteiger partial charge in [-0.15, -0.1) is 0 Å². The SMILES string of the molecule is COCCn1cc(C(=O)Nc2ccc(Sc3ccccc3Cl)cc2)ccc1=O. The molecule has 3 rings (SSSR count). The summed E-state index contributed by atoms with van der Waals surface area (Å²) in [6, 6.07) is 18.0. The van der Waals surface area contributed by atoms with Crippen molar-refractivity contribution in [2.45, 2.75) is 16.3 Å². The molecule has 28 heavy (non-hydrogen) atoms. The number of ether oxygens (including phenoxy) is 1. The number of nitrogens with one attached hydrogen (secondary N) is 1. The minimum atomic E-state index is -0.280. The van der Waals surface area contributed by atoms with Gasteiger partial charge in [0, 0.05) is 41.4 Å². The number of anilines is 1. The van der Waals surface area contributed by atoms with Crippen molar-refractivity contribution in [2.24, 2.45) is 0 Å². The summed E-state index contributed by atoms with van der Waals surface area (Å²) in [5.74, 6) is -0.280. The van der Waals surface area contributed by atoms with Gasteiger partial charge in [0.25, 0.3) is 11.5 Å². The van der Waals surface area contributed by atoms with E-state index in [-0.39, 0.29) is 11.5 Å². The summed E-state index contributed by atoms with van der Waals surface area (Å²) >= 11 is 7.74. The summed E-state index contributed by atoms with van der Waals surface area (Å²) in [6.45, 7) is 0.792. The number of carbonyl (C=O) groups excluding carboxylic acids is 1. The van der Waals surface area contributed by atoms with Gasteiger partial charge in [-0.2, -0.15) is 0 Å². The number of hydrogen-bond acceptors (Lipinski definition) is 4. The first-order chi connectivity index (χ1) is 13.6. The number of benzene rings is 2. The highest BCUT2D eigenvalue weighted by Gasteiger charge is 2.09. The molecule has 0 aliphatic heterocycles. The molecule has 1 amide bonds. The average molecular weight is 415 g/mol. The number of carbonyl (C=O) groups is 1. The molecule has 0 fully saturated rings. The molecule has 3 aromatic rings. The van der Waals surface area contributed by atoms with Gasteiger partial charge in [0.15, 0.2) is 0 Å². The lowest BCUT2D eigenvalue weighted by molar-refractivity contribution is 0.102. The zero-order valence-corrected chi connectivity index (χ0v) is 16.8. The van der Waals surface area contributed by atoms with Crippen LogP contribution >= 0.6 is 23.4 Å². The molecule has 0 saturated heterocycles. The average Bonchev–Trinajstić information content (AvgIpc) is 2.70. The Labute approximate surface area is 172 Å². The maximum Gasteiger partial charge on any atom is 0.257 e. The highest BCUT2D eigenvalue weighted by Crippen LogP contribution is 2.33. The lowest BCUT2D eigenvalue weighted by atomic mass is 10.2. The Morgan fingerprint density at radius 1 is 1.11 bits per heavy atom. The van der Waals surface area contributed by atoms with Gasteiger partial charge in [-0.25, -0.2) is 0 Å². The van der Waals surface area contributed by atoms with E-state index in [0.29, 0.717) is 29.4 Å². The number of rotatable bonds is 7. The molecule has 7 heteroatoms. The molecule has 0 aliphatic rings. The van der Waals surface area contributed by atoms with Crippen molar-refractivity contribution in [3.05, 3.63) is 87.8 Å². The second-order valence-electron chi connectivity index (χ2n) is 5.95. The van der Waals surface area contributed by atoms with Crippen LogP contribution in [0.25, 0.3) is 0 Å². The van der Waals surface area contributed by atoms with Gasteiger partial charge in [0.05, 0.1) is 17.2 Å². The zero-order valence-electron chi connectivity index (χ0n) is 15.2. The Balaban J connectivity index is 1.68. The fraction of sp³-hybridized carbons (Fsp3) is 0.143. The van der Waals surface area contributed by atoms with Gasteiger partial charge in [-0.05, 0) is 42.5 Å². The number of aromatic nitrogens is 1. The Morgan fingerprint density at radius 3 is 2.57 bits per heavy atom. The number of pyridine rings is 1. The van der Waals surface area contributed by atoms with Gasteiger partial charge in [-0.3, -0.25) is 9.59 Å². The first-order valence-electron chi connectivity index (χ1n) is 8.60. The summed E-state index contributed by atoms with van der Waals surface area (Å²) in [5, 5.41) is 3.54. The molecule has 0 aliphatic carbocycles. The van der Waals surface area contributed by atoms with Crippen LogP contribution in [0.15, 0.2) is 81.4 Å². The summed E-state index contributed by atoms with van der Waals surface area (Å²) in [7, 11) is 1.56. The Bertz CT molecular complexity index is 1020. The molecule has 5 nitrogen and oxygen atoms in total. The van der Waals surface area contributed by atoms with Gasteiger partial charge < -0.3 is 14.6 Å². The van der Waals surface area contributed by atoms with Gasteiger partial charge in [-0.1, -0.05) is 35.5 Å². The van der Waals surface area contributed by atoms with Crippen LogP contribution in [0.4, 0.5) is 5.69 Å². The summed E-state index contributed by atoms with van der Waals surface area (Å²) in [5.41, 5.74) is 0.905. The van der Waals surface area contributed by atoms with Crippen LogP contribution in [0.3, 0.4) is 0 Å². The van der Waals surface area contributed by atoms with Gasteiger partial charge in [0.1, 0.15) is 0 Å². The largest absolute Gasteiger partial charge is 0.383 e. The van der Waals surface area contributed by atoms with E-state index in [0.717, 1.165) is 9.79 Å². The summed E-state index contributed by atoms with van der Waals surface area (Å²) in [6.07, 6.45) is 1.54. The highest BCUT2D eigenvalue weighted by atomic mass is 35.5. The highest BCUT2D eigenvalue weighted by molar-refractivity contribution is 7.99. The topological polar surface area (TPSA) is 60.3 Å². The minimum Gasteiger partial charge on any atom is -0.383 e. The zero-order chi connectivity index (χ0) is 19.9. The predicted octanol–water partition coefficient (Wildman–Crippen LogP) is 4.55. The number of hydrogen-bond donors (Lipinski definition) is 1. The molecule has 1 N–H and O–H groups in total. The number of methoxy groups -OCH3 is 1. The van der Waals surface area contributed by atoms with Crippen molar-refractivity contribution in [3.8, 4) is 0 Å². The van der Waals surface area contributed by atoms with Crippen molar-refractivity contribution in [1.82, 2.24) is 4.57 Å². The van der Waals surface area contributed by atoms with E-state index in [2.05, 4.69) is 5.32 Å². The normalized spacial score (nSPS) is 10.6. The molecule has 1 heterocycles. The van der Waals surface area contributed by atoms with Crippen LogP contribution in [-0.4, -0.2) is 24.2 Å². The van der Waals surface area contributed by atoms with Gasteiger partial charge in [0.2, 0.25) is 0 Å². The molecule has 1 aromatic heterocycles. The number of amides is 1. The Hall–Kier alpha value is -2.54. The smallest absolute Gasteiger partial charge is 0.257 e. The lowest BCUT2D eigenvalue weighted by Gasteiger charge is -2.09. The van der Waals surface area contributed by atoms with Crippen LogP contribution in [0.1, 0.15) is 10.4 Å². The molecule has 2 aromatic carbocycles. The second kappa shape index (κ2) is 9.59. The fourth-order valence-electron chi connectivity index (χ4n) is 2.49. The third-order valence-electron chi connectivity index (χ3n) is 3.96. The third-order valence-corrected chi connectivity index (χ3v) is 5.48. The van der Waals surface area contributed by atoms with Crippen LogP contribution in [0, 0.1) is 0 Å².